The van der Waals surface area contributed by atoms with Crippen LogP contribution in [0.5, 0.6) is 0 Å². The number of Topliss-reactive ketones (excluding diaryl/α,β-unsaturated/α-hetero) is 1. The molecule has 1 unspecified atom stereocenters. The molecule has 6 nitrogen and oxygen atoms in total. The van der Waals surface area contributed by atoms with Gasteiger partial charge in [-0.05, 0) is 24.1 Å². The summed E-state index contributed by atoms with van der Waals surface area (Å²) in [6, 6.07) is 9.65. The van der Waals surface area contributed by atoms with Gasteiger partial charge in [-0.15, -0.1) is 12.3 Å². The molecule has 28 heavy (non-hydrogen) atoms. The van der Waals surface area contributed by atoms with Crippen molar-refractivity contribution in [3.05, 3.63) is 70.8 Å². The maximum absolute atomic E-state index is 12.7. The Labute approximate surface area is 168 Å². The Morgan fingerprint density at radius 2 is 2.11 bits per heavy atom. The van der Waals surface area contributed by atoms with Crippen LogP contribution in [0.3, 0.4) is 0 Å². The summed E-state index contributed by atoms with van der Waals surface area (Å²) in [6.07, 6.45) is 7.52. The SMILES string of the molecule is C#CC/C(=C\C(=C/C)C(=O)OC)C1OC(N)=C(OSCc2ccccc2)C1=O. The lowest BCUT2D eigenvalue weighted by Gasteiger charge is -2.13. The fourth-order valence-electron chi connectivity index (χ4n) is 2.45. The molecule has 2 N–H and O–H groups in total. The third-order valence-electron chi connectivity index (χ3n) is 3.86. The number of benzene rings is 1. The predicted molar refractivity (Wildman–Crippen MR) is 107 cm³/mol. The summed E-state index contributed by atoms with van der Waals surface area (Å²) in [5, 5.41) is 0. The number of rotatable bonds is 8. The third-order valence-corrected chi connectivity index (χ3v) is 4.59. The highest BCUT2D eigenvalue weighted by molar-refractivity contribution is 7.94. The van der Waals surface area contributed by atoms with Gasteiger partial charge >= 0.3 is 5.97 Å². The summed E-state index contributed by atoms with van der Waals surface area (Å²) in [4.78, 5) is 24.5. The van der Waals surface area contributed by atoms with E-state index in [9.17, 15) is 9.59 Å². The van der Waals surface area contributed by atoms with Crippen LogP contribution in [0, 0.1) is 12.3 Å². The van der Waals surface area contributed by atoms with E-state index in [-0.39, 0.29) is 23.6 Å². The monoisotopic (exact) mass is 399 g/mol. The van der Waals surface area contributed by atoms with E-state index >= 15 is 0 Å². The predicted octanol–water partition coefficient (Wildman–Crippen LogP) is 3.02. The van der Waals surface area contributed by atoms with E-state index in [1.807, 2.05) is 30.3 Å². The standard InChI is InChI=1S/C21H21NO5S/c1-4-9-16(12-15(5-2)21(24)25-3)18-17(23)19(20(22)26-18)27-28-13-14-10-7-6-8-11-14/h1,5-8,10-12,18H,9,13,22H2,2-3H3/b15-5+,16-12+. The Morgan fingerprint density at radius 3 is 2.71 bits per heavy atom. The van der Waals surface area contributed by atoms with Gasteiger partial charge < -0.3 is 19.4 Å². The Hall–Kier alpha value is -3.11. The van der Waals surface area contributed by atoms with Gasteiger partial charge in [-0.2, -0.15) is 0 Å². The van der Waals surface area contributed by atoms with E-state index in [4.69, 9.17) is 25.8 Å². The first-order chi connectivity index (χ1) is 13.5. The summed E-state index contributed by atoms with van der Waals surface area (Å²) in [7, 11) is 1.27. The maximum Gasteiger partial charge on any atom is 0.337 e. The number of carbonyl (C=O) groups excluding carboxylic acids is 2. The van der Waals surface area contributed by atoms with Crippen LogP contribution in [0.2, 0.25) is 0 Å². The highest BCUT2D eigenvalue weighted by Crippen LogP contribution is 2.30. The molecule has 1 aromatic carbocycles. The molecule has 7 heteroatoms. The molecule has 146 valence electrons. The zero-order chi connectivity index (χ0) is 20.5. The van der Waals surface area contributed by atoms with Crippen molar-refractivity contribution in [2.45, 2.75) is 25.2 Å². The molecule has 1 aliphatic rings. The highest BCUT2D eigenvalue weighted by atomic mass is 32.2. The molecule has 1 aliphatic heterocycles. The van der Waals surface area contributed by atoms with E-state index in [1.54, 1.807) is 13.0 Å². The summed E-state index contributed by atoms with van der Waals surface area (Å²) >= 11 is 1.08. The minimum Gasteiger partial charge on any atom is -0.465 e. The Kier molecular flexibility index (Phi) is 7.78. The number of nitrogens with two attached hydrogens (primary N) is 1. The van der Waals surface area contributed by atoms with Gasteiger partial charge in [-0.3, -0.25) is 4.79 Å². The second-order valence-corrected chi connectivity index (χ2v) is 6.41. The maximum atomic E-state index is 12.7. The van der Waals surface area contributed by atoms with Crippen molar-refractivity contribution in [2.24, 2.45) is 5.73 Å². The first-order valence-electron chi connectivity index (χ1n) is 8.44. The van der Waals surface area contributed by atoms with Crippen LogP contribution in [0.1, 0.15) is 18.9 Å². The van der Waals surface area contributed by atoms with Crippen molar-refractivity contribution < 1.29 is 23.2 Å². The topological polar surface area (TPSA) is 87.8 Å². The lowest BCUT2D eigenvalue weighted by atomic mass is 10.00. The Balaban J connectivity index is 2.11. The van der Waals surface area contributed by atoms with E-state index in [1.165, 1.54) is 13.2 Å². The summed E-state index contributed by atoms with van der Waals surface area (Å²) in [6.45, 7) is 1.68. The molecule has 1 aromatic rings. The van der Waals surface area contributed by atoms with Gasteiger partial charge in [-0.25, -0.2) is 4.79 Å². The average Bonchev–Trinajstić information content (AvgIpc) is 2.99. The fourth-order valence-corrected chi connectivity index (χ4v) is 3.12. The van der Waals surface area contributed by atoms with Crippen LogP contribution >= 0.6 is 12.0 Å². The van der Waals surface area contributed by atoms with Crippen molar-refractivity contribution in [3.63, 3.8) is 0 Å². The van der Waals surface area contributed by atoms with E-state index < -0.39 is 17.9 Å². The number of hydrogen-bond acceptors (Lipinski definition) is 7. The molecule has 0 bridgehead atoms. The van der Waals surface area contributed by atoms with Crippen LogP contribution in [0.15, 0.2) is 65.3 Å². The molecule has 2 rings (SSSR count). The van der Waals surface area contributed by atoms with E-state index in [0.29, 0.717) is 11.3 Å². The summed E-state index contributed by atoms with van der Waals surface area (Å²) in [5.74, 6) is 1.83. The zero-order valence-corrected chi connectivity index (χ0v) is 16.5. The van der Waals surface area contributed by atoms with Gasteiger partial charge in [0.1, 0.15) is 0 Å². The number of terminal acetylenes is 1. The molecule has 0 aliphatic carbocycles. The van der Waals surface area contributed by atoms with Gasteiger partial charge in [0.05, 0.1) is 30.5 Å². The molecule has 0 aromatic heterocycles. The van der Waals surface area contributed by atoms with Crippen LogP contribution in [0.4, 0.5) is 0 Å². The molecule has 0 saturated carbocycles. The molecular weight excluding hydrogens is 378 g/mol. The average molecular weight is 399 g/mol. The Bertz CT molecular complexity index is 865. The number of methoxy groups -OCH3 is 1. The Morgan fingerprint density at radius 1 is 1.39 bits per heavy atom. The molecule has 0 saturated heterocycles. The molecule has 0 radical (unpaired) electrons. The smallest absolute Gasteiger partial charge is 0.337 e. The van der Waals surface area contributed by atoms with Crippen LogP contribution < -0.4 is 5.73 Å². The number of ether oxygens (including phenoxy) is 2. The number of hydrogen-bond donors (Lipinski definition) is 1. The van der Waals surface area contributed by atoms with Crippen LogP contribution in [0.25, 0.3) is 0 Å². The molecule has 1 heterocycles. The van der Waals surface area contributed by atoms with Gasteiger partial charge in [0.2, 0.25) is 17.4 Å². The molecule has 0 spiro atoms. The van der Waals surface area contributed by atoms with Crippen molar-refractivity contribution in [3.8, 4) is 12.3 Å². The lowest BCUT2D eigenvalue weighted by Crippen LogP contribution is -2.22. The minimum atomic E-state index is -1.04. The summed E-state index contributed by atoms with van der Waals surface area (Å²) < 4.78 is 15.7. The van der Waals surface area contributed by atoms with Crippen molar-refractivity contribution in [2.75, 3.05) is 7.11 Å². The molecular formula is C21H21NO5S. The normalized spacial score (nSPS) is 17.2. The second-order valence-electron chi connectivity index (χ2n) is 5.72. The zero-order valence-electron chi connectivity index (χ0n) is 15.6. The van der Waals surface area contributed by atoms with Crippen molar-refractivity contribution in [1.29, 1.82) is 0 Å². The van der Waals surface area contributed by atoms with Crippen molar-refractivity contribution in [1.82, 2.24) is 0 Å². The highest BCUT2D eigenvalue weighted by Gasteiger charge is 2.38. The van der Waals surface area contributed by atoms with Gasteiger partial charge in [-0.1, -0.05) is 36.4 Å². The largest absolute Gasteiger partial charge is 0.465 e. The third kappa shape index (κ3) is 5.21. The van der Waals surface area contributed by atoms with Gasteiger partial charge in [0, 0.05) is 6.42 Å². The number of allylic oxidation sites excluding steroid dienone is 1. The quantitative estimate of drug-likeness (QED) is 0.236. The first kappa shape index (κ1) is 21.2. The lowest BCUT2D eigenvalue weighted by molar-refractivity contribution is -0.135. The molecule has 1 atom stereocenters. The van der Waals surface area contributed by atoms with Crippen molar-refractivity contribution >= 4 is 23.8 Å². The van der Waals surface area contributed by atoms with E-state index in [0.717, 1.165) is 17.6 Å². The van der Waals surface area contributed by atoms with Gasteiger partial charge in [0.25, 0.3) is 0 Å². The molecule has 0 amide bonds. The fraction of sp³-hybridized carbons (Fsp3) is 0.238. The van der Waals surface area contributed by atoms with E-state index in [2.05, 4.69) is 5.92 Å². The number of ketones is 1. The van der Waals surface area contributed by atoms with Crippen LogP contribution in [-0.4, -0.2) is 25.0 Å². The second kappa shape index (κ2) is 10.3. The number of esters is 1. The number of carbonyl (C=O) groups is 2. The summed E-state index contributed by atoms with van der Waals surface area (Å²) in [5.41, 5.74) is 7.55. The van der Waals surface area contributed by atoms with Crippen LogP contribution in [-0.2, 0) is 29.0 Å². The first-order valence-corrected chi connectivity index (χ1v) is 9.35. The minimum absolute atomic E-state index is 0.0612. The molecule has 0 fully saturated rings. The van der Waals surface area contributed by atoms with Gasteiger partial charge in [0.15, 0.2) is 6.10 Å².